The zero-order valence-electron chi connectivity index (χ0n) is 20.2. The van der Waals surface area contributed by atoms with Gasteiger partial charge < -0.3 is 14.9 Å². The second-order valence-corrected chi connectivity index (χ2v) is 10.6. The van der Waals surface area contributed by atoms with Gasteiger partial charge in [-0.25, -0.2) is 14.8 Å². The molecule has 11 heteroatoms. The van der Waals surface area contributed by atoms with Gasteiger partial charge in [0.2, 0.25) is 5.91 Å². The Morgan fingerprint density at radius 2 is 1.94 bits per heavy atom. The van der Waals surface area contributed by atoms with Gasteiger partial charge in [0.25, 0.3) is 5.56 Å². The summed E-state index contributed by atoms with van der Waals surface area (Å²) in [6.45, 7) is 6.34. The highest BCUT2D eigenvalue weighted by Gasteiger charge is 2.24. The molecule has 4 rings (SSSR count). The van der Waals surface area contributed by atoms with Crippen molar-refractivity contribution in [1.29, 1.82) is 0 Å². The highest BCUT2D eigenvalue weighted by Crippen LogP contribution is 2.22. The van der Waals surface area contributed by atoms with E-state index < -0.39 is 5.97 Å². The SMILES string of the molecule is CC(C)c1csc(CCc2ccn3c(=O)c(C=CC(=O)O)c(N4CCN(C(=O)CI)CC4)nc3c2)n1. The number of rotatable bonds is 8. The second kappa shape index (κ2) is 11.5. The number of fused-ring (bicyclic) bond motifs is 1. The highest BCUT2D eigenvalue weighted by molar-refractivity contribution is 14.1. The molecule has 0 aromatic carbocycles. The summed E-state index contributed by atoms with van der Waals surface area (Å²) < 4.78 is 1.87. The number of thiazole rings is 1. The third kappa shape index (κ3) is 5.94. The Labute approximate surface area is 226 Å². The lowest BCUT2D eigenvalue weighted by molar-refractivity contribution is -0.131. The summed E-state index contributed by atoms with van der Waals surface area (Å²) in [7, 11) is 0. The average Bonchev–Trinajstić information content (AvgIpc) is 3.36. The van der Waals surface area contributed by atoms with Crippen LogP contribution in [0.4, 0.5) is 5.82 Å². The number of aliphatic carboxylic acids is 1. The number of hydrogen-bond acceptors (Lipinski definition) is 7. The first-order chi connectivity index (χ1) is 17.3. The van der Waals surface area contributed by atoms with E-state index in [0.717, 1.165) is 35.2 Å². The first kappa shape index (κ1) is 26.3. The maximum Gasteiger partial charge on any atom is 0.328 e. The third-order valence-corrected chi connectivity index (χ3v) is 7.72. The lowest BCUT2D eigenvalue weighted by Crippen LogP contribution is -2.50. The average molecular weight is 622 g/mol. The molecule has 1 amide bonds. The van der Waals surface area contributed by atoms with Gasteiger partial charge in [0.15, 0.2) is 0 Å². The zero-order chi connectivity index (χ0) is 25.8. The van der Waals surface area contributed by atoms with E-state index in [2.05, 4.69) is 41.8 Å². The summed E-state index contributed by atoms with van der Waals surface area (Å²) in [5.41, 5.74) is 2.55. The molecule has 1 N–H and O–H groups in total. The Bertz CT molecular complexity index is 1360. The standard InChI is InChI=1S/C25H28IN5O4S/c1-16(2)19-15-36-21(27-19)5-3-17-7-8-31-20(13-17)28-24(18(25(31)35)4-6-23(33)34)30-11-9-29(10-12-30)22(32)14-26/h4,6-8,13,15-16H,3,5,9-12,14H2,1-2H3,(H,33,34). The number of hydrogen-bond donors (Lipinski definition) is 1. The van der Waals surface area contributed by atoms with Gasteiger partial charge in [0.05, 0.1) is 20.7 Å². The Kier molecular flexibility index (Phi) is 8.39. The largest absolute Gasteiger partial charge is 0.478 e. The number of carbonyl (C=O) groups excluding carboxylic acids is 1. The molecule has 4 heterocycles. The molecule has 1 fully saturated rings. The molecule has 1 aliphatic heterocycles. The Hall–Kier alpha value is -2.80. The van der Waals surface area contributed by atoms with Crippen molar-refractivity contribution in [3.63, 3.8) is 0 Å². The van der Waals surface area contributed by atoms with Crippen molar-refractivity contribution in [2.24, 2.45) is 0 Å². The fourth-order valence-corrected chi connectivity index (χ4v) is 5.53. The molecule has 1 saturated heterocycles. The van der Waals surface area contributed by atoms with Crippen LogP contribution >= 0.6 is 33.9 Å². The smallest absolute Gasteiger partial charge is 0.328 e. The van der Waals surface area contributed by atoms with Crippen LogP contribution in [0.25, 0.3) is 11.7 Å². The minimum atomic E-state index is -1.14. The zero-order valence-corrected chi connectivity index (χ0v) is 23.2. The van der Waals surface area contributed by atoms with Gasteiger partial charge >= 0.3 is 5.97 Å². The van der Waals surface area contributed by atoms with Crippen LogP contribution in [0.3, 0.4) is 0 Å². The maximum atomic E-state index is 13.4. The molecule has 0 spiro atoms. The van der Waals surface area contributed by atoms with Gasteiger partial charge in [0.1, 0.15) is 11.5 Å². The van der Waals surface area contributed by atoms with Gasteiger partial charge in [-0.3, -0.25) is 14.0 Å². The number of nitrogens with zero attached hydrogens (tertiary/aromatic N) is 5. The number of carbonyl (C=O) groups is 2. The summed E-state index contributed by atoms with van der Waals surface area (Å²) in [4.78, 5) is 49.9. The normalized spacial score (nSPS) is 14.3. The van der Waals surface area contributed by atoms with Crippen LogP contribution < -0.4 is 10.5 Å². The number of anilines is 1. The lowest BCUT2D eigenvalue weighted by atomic mass is 10.1. The predicted molar refractivity (Wildman–Crippen MR) is 149 cm³/mol. The minimum Gasteiger partial charge on any atom is -0.478 e. The van der Waals surface area contributed by atoms with Crippen molar-refractivity contribution >= 4 is 63.3 Å². The van der Waals surface area contributed by atoms with Crippen LogP contribution in [0.2, 0.25) is 0 Å². The van der Waals surface area contributed by atoms with E-state index in [1.54, 1.807) is 22.4 Å². The fourth-order valence-electron chi connectivity index (χ4n) is 4.09. The summed E-state index contributed by atoms with van der Waals surface area (Å²) >= 11 is 3.72. The van der Waals surface area contributed by atoms with Crippen LogP contribution in [-0.4, -0.2) is 66.9 Å². The summed E-state index contributed by atoms with van der Waals surface area (Å²) in [6.07, 6.45) is 5.53. The summed E-state index contributed by atoms with van der Waals surface area (Å²) in [6, 6.07) is 3.80. The van der Waals surface area contributed by atoms with Crippen LogP contribution in [0, 0.1) is 0 Å². The van der Waals surface area contributed by atoms with Crippen molar-refractivity contribution in [1.82, 2.24) is 19.3 Å². The monoisotopic (exact) mass is 621 g/mol. The number of halogens is 1. The molecule has 0 aliphatic carbocycles. The quantitative estimate of drug-likeness (QED) is 0.234. The Morgan fingerprint density at radius 1 is 1.19 bits per heavy atom. The van der Waals surface area contributed by atoms with Gasteiger partial charge in [-0.15, -0.1) is 11.3 Å². The Balaban J connectivity index is 1.64. The van der Waals surface area contributed by atoms with Crippen molar-refractivity contribution in [2.45, 2.75) is 32.6 Å². The number of piperazine rings is 1. The maximum absolute atomic E-state index is 13.4. The van der Waals surface area contributed by atoms with E-state index in [-0.39, 0.29) is 17.0 Å². The number of aromatic nitrogens is 3. The van der Waals surface area contributed by atoms with Crippen molar-refractivity contribution < 1.29 is 14.7 Å². The van der Waals surface area contributed by atoms with Crippen LogP contribution in [-0.2, 0) is 22.4 Å². The van der Waals surface area contributed by atoms with Crippen LogP contribution in [0.5, 0.6) is 0 Å². The van der Waals surface area contributed by atoms with Crippen molar-refractivity contribution in [3.05, 3.63) is 62.0 Å². The first-order valence-corrected chi connectivity index (χ1v) is 14.2. The fraction of sp³-hybridized carbons (Fsp3) is 0.400. The topological polar surface area (TPSA) is 108 Å². The first-order valence-electron chi connectivity index (χ1n) is 11.8. The number of aryl methyl sites for hydroxylation is 2. The predicted octanol–water partition coefficient (Wildman–Crippen LogP) is 3.24. The molecule has 190 valence electrons. The highest BCUT2D eigenvalue weighted by atomic mass is 127. The van der Waals surface area contributed by atoms with Crippen molar-refractivity contribution in [3.8, 4) is 0 Å². The van der Waals surface area contributed by atoms with E-state index in [4.69, 9.17) is 15.1 Å². The van der Waals surface area contributed by atoms with Gasteiger partial charge in [-0.1, -0.05) is 36.4 Å². The second-order valence-electron chi connectivity index (χ2n) is 8.91. The number of amides is 1. The molecule has 3 aromatic heterocycles. The lowest BCUT2D eigenvalue weighted by Gasteiger charge is -2.35. The molecule has 0 atom stereocenters. The molecule has 0 saturated carbocycles. The van der Waals surface area contributed by atoms with Crippen LogP contribution in [0.15, 0.2) is 34.6 Å². The molecular formula is C25H28IN5O4S. The summed E-state index contributed by atoms with van der Waals surface area (Å²) in [5, 5.41) is 12.3. The Morgan fingerprint density at radius 3 is 2.58 bits per heavy atom. The summed E-state index contributed by atoms with van der Waals surface area (Å²) in [5.74, 6) is -0.215. The van der Waals surface area contributed by atoms with Gasteiger partial charge in [-0.2, -0.15) is 0 Å². The van der Waals surface area contributed by atoms with E-state index >= 15 is 0 Å². The number of alkyl halides is 1. The molecule has 0 bridgehead atoms. The molecule has 9 nitrogen and oxygen atoms in total. The van der Waals surface area contributed by atoms with Gasteiger partial charge in [-0.05, 0) is 36.1 Å². The molecular weight excluding hydrogens is 593 g/mol. The van der Waals surface area contributed by atoms with E-state index in [9.17, 15) is 14.4 Å². The molecule has 0 radical (unpaired) electrons. The van der Waals surface area contributed by atoms with E-state index in [1.165, 1.54) is 10.5 Å². The molecule has 3 aromatic rings. The number of carboxylic acid groups (broad SMARTS) is 1. The number of pyridine rings is 1. The molecule has 36 heavy (non-hydrogen) atoms. The van der Waals surface area contributed by atoms with Gasteiger partial charge in [0, 0.05) is 50.3 Å². The molecule has 1 aliphatic rings. The third-order valence-electron chi connectivity index (χ3n) is 6.14. The van der Waals surface area contributed by atoms with E-state index in [0.29, 0.717) is 48.0 Å². The van der Waals surface area contributed by atoms with Crippen molar-refractivity contribution in [2.75, 3.05) is 35.5 Å². The molecule has 0 unspecified atom stereocenters. The van der Waals surface area contributed by atoms with Crippen LogP contribution in [0.1, 0.15) is 41.6 Å². The van der Waals surface area contributed by atoms with E-state index in [1.807, 2.05) is 17.0 Å². The number of carboxylic acids is 1. The minimum absolute atomic E-state index is 0.0816.